The van der Waals surface area contributed by atoms with Crippen LogP contribution in [0.5, 0.6) is 0 Å². The summed E-state index contributed by atoms with van der Waals surface area (Å²) in [5, 5.41) is 2.36. The lowest BCUT2D eigenvalue weighted by Gasteiger charge is -2.13. The number of carbonyl (C=O) groups is 3. The number of anilines is 1. The van der Waals surface area contributed by atoms with Crippen LogP contribution in [0, 0.1) is 17.7 Å². The molecule has 106 valence electrons. The smallest absolute Gasteiger partial charge is 0.242 e. The predicted octanol–water partition coefficient (Wildman–Crippen LogP) is 1.41. The van der Waals surface area contributed by atoms with Gasteiger partial charge in [0, 0.05) is 6.54 Å². The number of likely N-dealkylation sites (tertiary alicyclic amines) is 1. The normalized spacial score (nSPS) is 22.2. The first-order chi connectivity index (χ1) is 9.47. The number of nitrogens with one attached hydrogen (secondary N) is 1. The van der Waals surface area contributed by atoms with Gasteiger partial charge in [-0.1, -0.05) is 19.1 Å². The molecule has 2 atom stereocenters. The fourth-order valence-electron chi connectivity index (χ4n) is 2.30. The van der Waals surface area contributed by atoms with Gasteiger partial charge in [0.15, 0.2) is 0 Å². The average Bonchev–Trinajstić information content (AvgIpc) is 2.63. The van der Waals surface area contributed by atoms with Crippen molar-refractivity contribution >= 4 is 23.4 Å². The van der Waals surface area contributed by atoms with Gasteiger partial charge in [-0.25, -0.2) is 4.39 Å². The van der Waals surface area contributed by atoms with Gasteiger partial charge < -0.3 is 5.32 Å². The number of benzene rings is 1. The van der Waals surface area contributed by atoms with Crippen LogP contribution in [0.25, 0.3) is 0 Å². The van der Waals surface area contributed by atoms with Crippen molar-refractivity contribution in [2.45, 2.75) is 13.8 Å². The molecule has 1 aliphatic rings. The van der Waals surface area contributed by atoms with Crippen LogP contribution in [-0.2, 0) is 14.4 Å². The lowest BCUT2D eigenvalue weighted by atomic mass is 9.96. The Labute approximate surface area is 115 Å². The highest BCUT2D eigenvalue weighted by molar-refractivity contribution is 6.17. The molecule has 1 aliphatic heterocycles. The van der Waals surface area contributed by atoms with Gasteiger partial charge >= 0.3 is 0 Å². The molecular weight excluding hydrogens is 263 g/mol. The van der Waals surface area contributed by atoms with Crippen molar-refractivity contribution in [2.24, 2.45) is 11.8 Å². The molecule has 2 unspecified atom stereocenters. The second-order valence-electron chi connectivity index (χ2n) is 4.66. The topological polar surface area (TPSA) is 66.5 Å². The number of rotatable bonds is 3. The monoisotopic (exact) mass is 278 g/mol. The van der Waals surface area contributed by atoms with Gasteiger partial charge in [0.1, 0.15) is 11.7 Å². The van der Waals surface area contributed by atoms with Gasteiger partial charge in [-0.2, -0.15) is 0 Å². The second-order valence-corrected chi connectivity index (χ2v) is 4.66. The Morgan fingerprint density at radius 1 is 1.30 bits per heavy atom. The number of para-hydroxylation sites is 1. The van der Waals surface area contributed by atoms with E-state index in [1.165, 1.54) is 25.1 Å². The van der Waals surface area contributed by atoms with Crippen LogP contribution >= 0.6 is 0 Å². The van der Waals surface area contributed by atoms with Crippen LogP contribution in [0.15, 0.2) is 24.3 Å². The van der Waals surface area contributed by atoms with Crippen LogP contribution < -0.4 is 5.32 Å². The molecule has 0 bridgehead atoms. The summed E-state index contributed by atoms with van der Waals surface area (Å²) in [6.45, 7) is 3.42. The molecule has 0 saturated carbocycles. The highest BCUT2D eigenvalue weighted by Gasteiger charge is 2.48. The molecule has 1 aromatic carbocycles. The molecule has 2 rings (SSSR count). The van der Waals surface area contributed by atoms with E-state index in [-0.39, 0.29) is 18.1 Å². The summed E-state index contributed by atoms with van der Waals surface area (Å²) in [4.78, 5) is 37.0. The first-order valence-corrected chi connectivity index (χ1v) is 6.38. The molecule has 0 aliphatic carbocycles. The maximum Gasteiger partial charge on any atom is 0.242 e. The van der Waals surface area contributed by atoms with Crippen molar-refractivity contribution in [3.05, 3.63) is 30.1 Å². The summed E-state index contributed by atoms with van der Waals surface area (Å²) < 4.78 is 13.5. The number of nitrogens with zero attached hydrogens (tertiary/aromatic N) is 1. The molecule has 1 fully saturated rings. The van der Waals surface area contributed by atoms with Crippen LogP contribution in [-0.4, -0.2) is 29.2 Å². The Kier molecular flexibility index (Phi) is 3.83. The third-order valence-corrected chi connectivity index (χ3v) is 3.42. The van der Waals surface area contributed by atoms with Gasteiger partial charge in [-0.05, 0) is 19.1 Å². The van der Waals surface area contributed by atoms with Crippen LogP contribution in [0.1, 0.15) is 13.8 Å². The van der Waals surface area contributed by atoms with Gasteiger partial charge in [0.05, 0.1) is 11.6 Å². The van der Waals surface area contributed by atoms with Crippen LogP contribution in [0.4, 0.5) is 10.1 Å². The van der Waals surface area contributed by atoms with E-state index in [9.17, 15) is 18.8 Å². The number of carbonyl (C=O) groups excluding carboxylic acids is 3. The minimum absolute atomic E-state index is 0.0000950. The van der Waals surface area contributed by atoms with Crippen molar-refractivity contribution in [1.29, 1.82) is 0 Å². The van der Waals surface area contributed by atoms with Gasteiger partial charge in [0.25, 0.3) is 0 Å². The summed E-state index contributed by atoms with van der Waals surface area (Å²) in [6.07, 6.45) is 0. The van der Waals surface area contributed by atoms with E-state index < -0.39 is 29.5 Å². The van der Waals surface area contributed by atoms with E-state index in [2.05, 4.69) is 5.32 Å². The quantitative estimate of drug-likeness (QED) is 0.671. The summed E-state index contributed by atoms with van der Waals surface area (Å²) in [7, 11) is 0. The molecule has 1 N–H and O–H groups in total. The first-order valence-electron chi connectivity index (χ1n) is 6.38. The Morgan fingerprint density at radius 2 is 1.95 bits per heavy atom. The fraction of sp³-hybridized carbons (Fsp3) is 0.357. The van der Waals surface area contributed by atoms with Gasteiger partial charge in [-0.15, -0.1) is 0 Å². The van der Waals surface area contributed by atoms with Crippen molar-refractivity contribution < 1.29 is 18.8 Å². The lowest BCUT2D eigenvalue weighted by molar-refractivity contribution is -0.140. The first kappa shape index (κ1) is 14.2. The van der Waals surface area contributed by atoms with Crippen LogP contribution in [0.3, 0.4) is 0 Å². The Hall–Kier alpha value is -2.24. The van der Waals surface area contributed by atoms with Crippen molar-refractivity contribution in [2.75, 3.05) is 11.9 Å². The number of hydrogen-bond acceptors (Lipinski definition) is 3. The minimum atomic E-state index is -1.10. The van der Waals surface area contributed by atoms with Crippen molar-refractivity contribution in [3.8, 4) is 0 Å². The number of halogens is 1. The molecule has 5 nitrogen and oxygen atoms in total. The summed E-state index contributed by atoms with van der Waals surface area (Å²) in [6, 6.07) is 5.68. The number of imide groups is 1. The van der Waals surface area contributed by atoms with E-state index in [0.29, 0.717) is 0 Å². The zero-order valence-corrected chi connectivity index (χ0v) is 11.2. The van der Waals surface area contributed by atoms with E-state index >= 15 is 0 Å². The van der Waals surface area contributed by atoms with Gasteiger partial charge in [-0.3, -0.25) is 19.3 Å². The summed E-state index contributed by atoms with van der Waals surface area (Å²) >= 11 is 0. The lowest BCUT2D eigenvalue weighted by Crippen LogP contribution is -2.34. The van der Waals surface area contributed by atoms with Crippen molar-refractivity contribution in [3.63, 3.8) is 0 Å². The van der Waals surface area contributed by atoms with E-state index in [0.717, 1.165) is 4.90 Å². The van der Waals surface area contributed by atoms with E-state index in [1.807, 2.05) is 0 Å². The minimum Gasteiger partial charge on any atom is -0.323 e. The third kappa shape index (κ3) is 2.29. The summed E-state index contributed by atoms with van der Waals surface area (Å²) in [5.41, 5.74) is -0.0000950. The molecule has 3 amide bonds. The summed E-state index contributed by atoms with van der Waals surface area (Å²) in [5.74, 6) is -3.96. The van der Waals surface area contributed by atoms with Crippen molar-refractivity contribution in [1.82, 2.24) is 4.90 Å². The molecule has 0 aromatic heterocycles. The molecule has 0 radical (unpaired) electrons. The standard InChI is InChI=1S/C14H15FN2O3/c1-3-17-13(19)8(2)11(14(17)20)12(18)16-10-7-5-4-6-9(10)15/h4-8,11H,3H2,1-2H3,(H,16,18). The maximum atomic E-state index is 13.5. The fourth-order valence-corrected chi connectivity index (χ4v) is 2.30. The highest BCUT2D eigenvalue weighted by Crippen LogP contribution is 2.27. The third-order valence-electron chi connectivity index (χ3n) is 3.42. The molecule has 0 spiro atoms. The predicted molar refractivity (Wildman–Crippen MR) is 70.1 cm³/mol. The zero-order valence-electron chi connectivity index (χ0n) is 11.2. The molecular formula is C14H15FN2O3. The Balaban J connectivity index is 2.20. The molecule has 1 saturated heterocycles. The molecule has 20 heavy (non-hydrogen) atoms. The molecule has 6 heteroatoms. The largest absolute Gasteiger partial charge is 0.323 e. The second kappa shape index (κ2) is 5.40. The van der Waals surface area contributed by atoms with Crippen LogP contribution in [0.2, 0.25) is 0 Å². The SMILES string of the molecule is CCN1C(=O)C(C)C(C(=O)Nc2ccccc2F)C1=O. The van der Waals surface area contributed by atoms with Gasteiger partial charge in [0.2, 0.25) is 17.7 Å². The Morgan fingerprint density at radius 3 is 2.50 bits per heavy atom. The molecule has 1 heterocycles. The highest BCUT2D eigenvalue weighted by atomic mass is 19.1. The average molecular weight is 278 g/mol. The van der Waals surface area contributed by atoms with E-state index in [1.54, 1.807) is 13.0 Å². The zero-order chi connectivity index (χ0) is 14.9. The van der Waals surface area contributed by atoms with E-state index in [4.69, 9.17) is 0 Å². The number of hydrogen-bond donors (Lipinski definition) is 1. The number of amides is 3. The molecule has 1 aromatic rings. The maximum absolute atomic E-state index is 13.5. The Bertz CT molecular complexity index is 573.